The molecule has 2 aliphatic carbocycles. The average molecular weight is 435 g/mol. The molecular weight excluding hydrogens is 396 g/mol. The summed E-state index contributed by atoms with van der Waals surface area (Å²) in [7, 11) is 0. The third-order valence-corrected chi connectivity index (χ3v) is 7.36. The van der Waals surface area contributed by atoms with Crippen molar-refractivity contribution in [3.8, 4) is 0 Å². The number of allylic oxidation sites excluding steroid dienone is 2. The number of hydrogen-bond donors (Lipinski definition) is 2. The molecule has 7 atom stereocenters. The van der Waals surface area contributed by atoms with E-state index in [-0.39, 0.29) is 42.2 Å². The van der Waals surface area contributed by atoms with Gasteiger partial charge in [0.2, 0.25) is 0 Å². The summed E-state index contributed by atoms with van der Waals surface area (Å²) in [5, 5.41) is 20.7. The van der Waals surface area contributed by atoms with Crippen LogP contribution in [-0.2, 0) is 19.1 Å². The molecule has 0 aromatic rings. The molecule has 6 nitrogen and oxygen atoms in total. The third kappa shape index (κ3) is 5.58. The van der Waals surface area contributed by atoms with Gasteiger partial charge in [0.25, 0.3) is 0 Å². The van der Waals surface area contributed by atoms with Crippen LogP contribution in [0.5, 0.6) is 0 Å². The highest BCUT2D eigenvalue weighted by Gasteiger charge is 2.46. The second kappa shape index (κ2) is 9.07. The molecule has 0 amide bonds. The molecule has 174 valence electrons. The molecule has 3 rings (SSSR count). The minimum atomic E-state index is -1.04. The molecule has 0 saturated carbocycles. The van der Waals surface area contributed by atoms with Crippen molar-refractivity contribution < 1.29 is 29.3 Å². The fourth-order valence-electron chi connectivity index (χ4n) is 5.09. The van der Waals surface area contributed by atoms with E-state index in [1.54, 1.807) is 6.92 Å². The molecule has 1 fully saturated rings. The van der Waals surface area contributed by atoms with Crippen LogP contribution in [0.2, 0.25) is 0 Å². The number of aliphatic hydroxyl groups is 2. The SMILES string of the molecule is CCC(C)(C)C(=O)O[C@@H]1CC(C)(O)C=C2C=C[C@H](C)[C@H](CC[C@@H]3C[C@@H](O)CC(=O)O3)[C@H]21. The standard InChI is InChI=1S/C25H38O6/c1-6-24(3,4)23(28)31-20-14-25(5,29)13-16-8-7-15(2)19(22(16)20)10-9-18-11-17(26)12-21(27)30-18/h7-8,13,15,17-20,22,26,29H,6,9-12,14H2,1-5H3/t15-,17+,18+,19-,20+,22-,25?/m0/s1. The Labute approximate surface area is 185 Å². The Balaban J connectivity index is 1.81. The molecule has 0 bridgehead atoms. The van der Waals surface area contributed by atoms with Crippen molar-refractivity contribution in [3.05, 3.63) is 23.8 Å². The van der Waals surface area contributed by atoms with E-state index in [4.69, 9.17) is 9.47 Å². The lowest BCUT2D eigenvalue weighted by atomic mass is 9.64. The monoisotopic (exact) mass is 434 g/mol. The summed E-state index contributed by atoms with van der Waals surface area (Å²) in [6, 6.07) is 0. The Bertz CT molecular complexity index is 749. The summed E-state index contributed by atoms with van der Waals surface area (Å²) in [6.45, 7) is 9.65. The van der Waals surface area contributed by atoms with Gasteiger partial charge in [-0.2, -0.15) is 0 Å². The Hall–Kier alpha value is -1.66. The summed E-state index contributed by atoms with van der Waals surface area (Å²) in [5.41, 5.74) is -0.608. The number of rotatable bonds is 6. The molecule has 1 aliphatic heterocycles. The summed E-state index contributed by atoms with van der Waals surface area (Å²) in [4.78, 5) is 24.6. The molecule has 0 aromatic heterocycles. The van der Waals surface area contributed by atoms with Gasteiger partial charge >= 0.3 is 11.9 Å². The lowest BCUT2D eigenvalue weighted by Crippen LogP contribution is -2.47. The second-order valence-corrected chi connectivity index (χ2v) is 10.6. The van der Waals surface area contributed by atoms with Gasteiger partial charge in [-0.15, -0.1) is 0 Å². The number of hydrogen-bond acceptors (Lipinski definition) is 6. The summed E-state index contributed by atoms with van der Waals surface area (Å²) >= 11 is 0. The van der Waals surface area contributed by atoms with Gasteiger partial charge in [-0.25, -0.2) is 0 Å². The van der Waals surface area contributed by atoms with Crippen molar-refractivity contribution in [1.29, 1.82) is 0 Å². The number of esters is 2. The van der Waals surface area contributed by atoms with E-state index < -0.39 is 23.2 Å². The smallest absolute Gasteiger partial charge is 0.311 e. The number of ether oxygens (including phenoxy) is 2. The first-order chi connectivity index (χ1) is 14.4. The highest BCUT2D eigenvalue weighted by Crippen LogP contribution is 2.46. The molecule has 3 aliphatic rings. The van der Waals surface area contributed by atoms with Crippen LogP contribution in [-0.4, -0.2) is 46.1 Å². The Morgan fingerprint density at radius 2 is 2.06 bits per heavy atom. The van der Waals surface area contributed by atoms with Crippen molar-refractivity contribution in [1.82, 2.24) is 0 Å². The van der Waals surface area contributed by atoms with E-state index in [0.29, 0.717) is 25.7 Å². The fourth-order valence-corrected chi connectivity index (χ4v) is 5.09. The summed E-state index contributed by atoms with van der Waals surface area (Å²) in [6.07, 6.45) is 7.77. The maximum absolute atomic E-state index is 12.9. The van der Waals surface area contributed by atoms with Gasteiger partial charge in [0.1, 0.15) is 12.2 Å². The molecule has 1 heterocycles. The van der Waals surface area contributed by atoms with Gasteiger partial charge < -0.3 is 19.7 Å². The maximum Gasteiger partial charge on any atom is 0.311 e. The first kappa shape index (κ1) is 24.0. The van der Waals surface area contributed by atoms with Crippen molar-refractivity contribution >= 4 is 11.9 Å². The van der Waals surface area contributed by atoms with E-state index in [1.165, 1.54) is 0 Å². The van der Waals surface area contributed by atoms with Crippen LogP contribution < -0.4 is 0 Å². The molecule has 0 radical (unpaired) electrons. The highest BCUT2D eigenvalue weighted by molar-refractivity contribution is 5.76. The van der Waals surface area contributed by atoms with Crippen LogP contribution in [0.25, 0.3) is 0 Å². The molecule has 31 heavy (non-hydrogen) atoms. The topological polar surface area (TPSA) is 93.1 Å². The largest absolute Gasteiger partial charge is 0.462 e. The summed E-state index contributed by atoms with van der Waals surface area (Å²) < 4.78 is 11.5. The minimum absolute atomic E-state index is 0.0129. The van der Waals surface area contributed by atoms with Gasteiger partial charge in [0.05, 0.1) is 23.5 Å². The van der Waals surface area contributed by atoms with Crippen LogP contribution in [0.4, 0.5) is 0 Å². The predicted molar refractivity (Wildman–Crippen MR) is 117 cm³/mol. The van der Waals surface area contributed by atoms with Gasteiger partial charge in [-0.1, -0.05) is 26.0 Å². The van der Waals surface area contributed by atoms with Crippen molar-refractivity contribution in [2.75, 3.05) is 0 Å². The van der Waals surface area contributed by atoms with Crippen molar-refractivity contribution in [3.63, 3.8) is 0 Å². The first-order valence-electron chi connectivity index (χ1n) is 11.6. The normalized spacial score (nSPS) is 38.2. The van der Waals surface area contributed by atoms with E-state index in [9.17, 15) is 19.8 Å². The number of cyclic esters (lactones) is 1. The quantitative estimate of drug-likeness (QED) is 0.619. The molecule has 1 saturated heterocycles. The molecule has 6 heteroatoms. The average Bonchev–Trinajstić information content (AvgIpc) is 2.66. The second-order valence-electron chi connectivity index (χ2n) is 10.6. The number of carbonyl (C=O) groups excluding carboxylic acids is 2. The minimum Gasteiger partial charge on any atom is -0.462 e. The Morgan fingerprint density at radius 3 is 2.71 bits per heavy atom. The van der Waals surface area contributed by atoms with Crippen molar-refractivity contribution in [2.24, 2.45) is 23.2 Å². The van der Waals surface area contributed by atoms with Crippen LogP contribution in [0, 0.1) is 23.2 Å². The lowest BCUT2D eigenvalue weighted by Gasteiger charge is -2.45. The fraction of sp³-hybridized carbons (Fsp3) is 0.760. The first-order valence-corrected chi connectivity index (χ1v) is 11.6. The lowest BCUT2D eigenvalue weighted by molar-refractivity contribution is -0.168. The predicted octanol–water partition coefficient (Wildman–Crippen LogP) is 3.70. The van der Waals surface area contributed by atoms with Gasteiger partial charge in [-0.3, -0.25) is 9.59 Å². The third-order valence-electron chi connectivity index (χ3n) is 7.36. The Kier molecular flexibility index (Phi) is 7.02. The molecule has 0 spiro atoms. The van der Waals surface area contributed by atoms with Crippen LogP contribution in [0.3, 0.4) is 0 Å². The molecule has 0 aromatic carbocycles. The van der Waals surface area contributed by atoms with Gasteiger partial charge in [0, 0.05) is 18.8 Å². The zero-order valence-corrected chi connectivity index (χ0v) is 19.5. The Morgan fingerprint density at radius 1 is 1.35 bits per heavy atom. The van der Waals surface area contributed by atoms with Crippen LogP contribution in [0.15, 0.2) is 23.8 Å². The summed E-state index contributed by atoms with van der Waals surface area (Å²) in [5.74, 6) is -0.144. The van der Waals surface area contributed by atoms with E-state index in [1.807, 2.05) is 26.8 Å². The van der Waals surface area contributed by atoms with Crippen molar-refractivity contribution in [2.45, 2.75) is 97.1 Å². The van der Waals surface area contributed by atoms with E-state index in [0.717, 1.165) is 12.0 Å². The number of carbonyl (C=O) groups is 2. The maximum atomic E-state index is 12.9. The zero-order valence-electron chi connectivity index (χ0n) is 19.5. The number of fused-ring (bicyclic) bond motifs is 1. The van der Waals surface area contributed by atoms with Crippen LogP contribution in [0.1, 0.15) is 73.1 Å². The molecule has 2 N–H and O–H groups in total. The molecule has 1 unspecified atom stereocenters. The van der Waals surface area contributed by atoms with Gasteiger partial charge in [-0.05, 0) is 63.5 Å². The zero-order chi connectivity index (χ0) is 23.0. The van der Waals surface area contributed by atoms with E-state index in [2.05, 4.69) is 19.1 Å². The van der Waals surface area contributed by atoms with Crippen LogP contribution >= 0.6 is 0 Å². The van der Waals surface area contributed by atoms with E-state index >= 15 is 0 Å². The van der Waals surface area contributed by atoms with Gasteiger partial charge in [0.15, 0.2) is 0 Å². The highest BCUT2D eigenvalue weighted by atomic mass is 16.6. The number of aliphatic hydroxyl groups excluding tert-OH is 1. The molecular formula is C25H38O6.